The number of hydrogen-bond donors (Lipinski definition) is 2. The molecule has 2 amide bonds. The van der Waals surface area contributed by atoms with Crippen molar-refractivity contribution in [1.82, 2.24) is 10.6 Å². The zero-order valence-corrected chi connectivity index (χ0v) is 16.7. The summed E-state index contributed by atoms with van der Waals surface area (Å²) in [5.41, 5.74) is 6.17. The molecular formula is C26H24N2O2. The first-order chi connectivity index (χ1) is 14.7. The smallest absolute Gasteiger partial charge is 0.251 e. The molecule has 4 heteroatoms. The molecule has 4 nitrogen and oxygen atoms in total. The van der Waals surface area contributed by atoms with Crippen LogP contribution < -0.4 is 10.6 Å². The standard InChI is InChI=1S/C26H24N2O2/c29-25(27-23-15-13-17-5-1-3-7-21(17)23)19-9-11-20(12-10-19)26(30)28-24-16-14-18-6-2-4-8-22(18)24/h1-12,23-24H,13-16H2,(H,27,29)(H,28,30). The average molecular weight is 396 g/mol. The average Bonchev–Trinajstić information content (AvgIpc) is 3.38. The Hall–Kier alpha value is -3.40. The van der Waals surface area contributed by atoms with Crippen molar-refractivity contribution in [1.29, 1.82) is 0 Å². The van der Waals surface area contributed by atoms with Gasteiger partial charge in [0.05, 0.1) is 12.1 Å². The Balaban J connectivity index is 1.23. The maximum Gasteiger partial charge on any atom is 0.251 e. The Morgan fingerprint density at radius 3 is 1.43 bits per heavy atom. The molecule has 0 saturated carbocycles. The Morgan fingerprint density at radius 1 is 0.600 bits per heavy atom. The second-order valence-electron chi connectivity index (χ2n) is 8.10. The third-order valence-electron chi connectivity index (χ3n) is 6.29. The van der Waals surface area contributed by atoms with Gasteiger partial charge in [0.2, 0.25) is 0 Å². The lowest BCUT2D eigenvalue weighted by molar-refractivity contribution is 0.0924. The molecule has 3 aromatic rings. The van der Waals surface area contributed by atoms with Crippen molar-refractivity contribution in [2.45, 2.75) is 37.8 Å². The van der Waals surface area contributed by atoms with Crippen molar-refractivity contribution >= 4 is 11.8 Å². The summed E-state index contributed by atoms with van der Waals surface area (Å²) >= 11 is 0. The van der Waals surface area contributed by atoms with Crippen LogP contribution in [-0.2, 0) is 12.8 Å². The molecule has 2 unspecified atom stereocenters. The van der Waals surface area contributed by atoms with Gasteiger partial charge in [0.15, 0.2) is 0 Å². The van der Waals surface area contributed by atoms with Gasteiger partial charge in [-0.2, -0.15) is 0 Å². The van der Waals surface area contributed by atoms with Gasteiger partial charge in [-0.25, -0.2) is 0 Å². The second kappa shape index (κ2) is 7.79. The van der Waals surface area contributed by atoms with E-state index in [1.54, 1.807) is 24.3 Å². The Bertz CT molecular complexity index is 1020. The molecule has 2 aliphatic rings. The minimum Gasteiger partial charge on any atom is -0.345 e. The van der Waals surface area contributed by atoms with Crippen LogP contribution in [0.1, 0.15) is 67.9 Å². The fourth-order valence-corrected chi connectivity index (χ4v) is 4.67. The number of hydrogen-bond acceptors (Lipinski definition) is 2. The quantitative estimate of drug-likeness (QED) is 0.681. The van der Waals surface area contributed by atoms with Crippen LogP contribution in [0, 0.1) is 0 Å². The lowest BCUT2D eigenvalue weighted by Crippen LogP contribution is -2.28. The first-order valence-electron chi connectivity index (χ1n) is 10.6. The van der Waals surface area contributed by atoms with E-state index in [-0.39, 0.29) is 23.9 Å². The number of carbonyl (C=O) groups is 2. The van der Waals surface area contributed by atoms with E-state index in [4.69, 9.17) is 0 Å². The van der Waals surface area contributed by atoms with Crippen molar-refractivity contribution in [3.8, 4) is 0 Å². The number of benzene rings is 3. The first kappa shape index (κ1) is 18.6. The van der Waals surface area contributed by atoms with Crippen molar-refractivity contribution in [3.63, 3.8) is 0 Å². The molecule has 2 N–H and O–H groups in total. The molecule has 0 aromatic heterocycles. The Labute approximate surface area is 176 Å². The van der Waals surface area contributed by atoms with Gasteiger partial charge < -0.3 is 10.6 Å². The third-order valence-corrected chi connectivity index (χ3v) is 6.29. The molecule has 0 heterocycles. The predicted molar refractivity (Wildman–Crippen MR) is 116 cm³/mol. The SMILES string of the molecule is O=C(NC1CCc2ccccc21)c1ccc(C(=O)NC2CCc3ccccc32)cc1. The number of carbonyl (C=O) groups excluding carboxylic acids is 2. The van der Waals surface area contributed by atoms with Crippen LogP contribution in [0.2, 0.25) is 0 Å². The minimum absolute atomic E-state index is 0.0547. The van der Waals surface area contributed by atoms with Crippen LogP contribution >= 0.6 is 0 Å². The Kier molecular flexibility index (Phi) is 4.83. The fourth-order valence-electron chi connectivity index (χ4n) is 4.67. The maximum absolute atomic E-state index is 12.7. The molecule has 2 atom stereocenters. The van der Waals surface area contributed by atoms with Crippen molar-refractivity contribution in [2.24, 2.45) is 0 Å². The van der Waals surface area contributed by atoms with Crippen LogP contribution in [0.15, 0.2) is 72.8 Å². The van der Waals surface area contributed by atoms with Crippen LogP contribution in [0.5, 0.6) is 0 Å². The molecule has 0 fully saturated rings. The van der Waals surface area contributed by atoms with E-state index < -0.39 is 0 Å². The normalized spacial score (nSPS) is 19.1. The van der Waals surface area contributed by atoms with Gasteiger partial charge in [-0.15, -0.1) is 0 Å². The third kappa shape index (κ3) is 3.50. The molecule has 0 spiro atoms. The summed E-state index contributed by atoms with van der Waals surface area (Å²) in [7, 11) is 0. The second-order valence-corrected chi connectivity index (χ2v) is 8.10. The summed E-state index contributed by atoms with van der Waals surface area (Å²) in [4.78, 5) is 25.4. The van der Waals surface area contributed by atoms with Gasteiger partial charge in [0, 0.05) is 11.1 Å². The monoisotopic (exact) mass is 396 g/mol. The van der Waals surface area contributed by atoms with Crippen LogP contribution in [0.3, 0.4) is 0 Å². The van der Waals surface area contributed by atoms with E-state index >= 15 is 0 Å². The van der Waals surface area contributed by atoms with E-state index in [0.717, 1.165) is 25.7 Å². The predicted octanol–water partition coefficient (Wildman–Crippen LogP) is 4.52. The molecule has 30 heavy (non-hydrogen) atoms. The summed E-state index contributed by atoms with van der Waals surface area (Å²) in [6.07, 6.45) is 3.83. The number of rotatable bonds is 4. The van der Waals surface area contributed by atoms with Gasteiger partial charge in [-0.3, -0.25) is 9.59 Å². The van der Waals surface area contributed by atoms with Gasteiger partial charge in [-0.1, -0.05) is 48.5 Å². The molecule has 0 saturated heterocycles. The highest BCUT2D eigenvalue weighted by atomic mass is 16.2. The number of fused-ring (bicyclic) bond motifs is 2. The first-order valence-corrected chi connectivity index (χ1v) is 10.6. The summed E-state index contributed by atoms with van der Waals surface area (Å²) in [5, 5.41) is 6.26. The zero-order chi connectivity index (χ0) is 20.5. The summed E-state index contributed by atoms with van der Waals surface area (Å²) < 4.78 is 0. The highest BCUT2D eigenvalue weighted by Crippen LogP contribution is 2.32. The van der Waals surface area contributed by atoms with Crippen LogP contribution in [-0.4, -0.2) is 11.8 Å². The summed E-state index contributed by atoms with van der Waals surface area (Å²) in [6, 6.07) is 23.5. The summed E-state index contributed by atoms with van der Waals surface area (Å²) in [6.45, 7) is 0. The van der Waals surface area contributed by atoms with Gasteiger partial charge in [0.1, 0.15) is 0 Å². The largest absolute Gasteiger partial charge is 0.345 e. The summed E-state index contributed by atoms with van der Waals surface area (Å²) in [5.74, 6) is -0.207. The van der Waals surface area contributed by atoms with Crippen LogP contribution in [0.25, 0.3) is 0 Å². The molecule has 3 aromatic carbocycles. The number of aryl methyl sites for hydroxylation is 2. The van der Waals surface area contributed by atoms with Crippen molar-refractivity contribution in [3.05, 3.63) is 106 Å². The zero-order valence-electron chi connectivity index (χ0n) is 16.7. The lowest BCUT2D eigenvalue weighted by atomic mass is 10.1. The van der Waals surface area contributed by atoms with Gasteiger partial charge in [0.25, 0.3) is 11.8 Å². The van der Waals surface area contributed by atoms with Crippen molar-refractivity contribution in [2.75, 3.05) is 0 Å². The van der Waals surface area contributed by atoms with E-state index in [9.17, 15) is 9.59 Å². The molecule has 150 valence electrons. The maximum atomic E-state index is 12.7. The van der Waals surface area contributed by atoms with Crippen LogP contribution in [0.4, 0.5) is 0 Å². The van der Waals surface area contributed by atoms with E-state index in [2.05, 4.69) is 34.9 Å². The van der Waals surface area contributed by atoms with Gasteiger partial charge in [-0.05, 0) is 72.2 Å². The highest BCUT2D eigenvalue weighted by Gasteiger charge is 2.25. The number of nitrogens with one attached hydrogen (secondary N) is 2. The minimum atomic E-state index is -0.103. The van der Waals surface area contributed by atoms with Crippen molar-refractivity contribution < 1.29 is 9.59 Å². The molecule has 0 aliphatic heterocycles. The van der Waals surface area contributed by atoms with Gasteiger partial charge >= 0.3 is 0 Å². The Morgan fingerprint density at radius 2 is 1.00 bits per heavy atom. The molecular weight excluding hydrogens is 372 g/mol. The number of amides is 2. The fraction of sp³-hybridized carbons (Fsp3) is 0.231. The lowest BCUT2D eigenvalue weighted by Gasteiger charge is -2.15. The van der Waals surface area contributed by atoms with E-state index in [1.165, 1.54) is 22.3 Å². The van der Waals surface area contributed by atoms with E-state index in [1.807, 2.05) is 24.3 Å². The highest BCUT2D eigenvalue weighted by molar-refractivity contribution is 5.98. The molecule has 0 radical (unpaired) electrons. The molecule has 5 rings (SSSR count). The topological polar surface area (TPSA) is 58.2 Å². The van der Waals surface area contributed by atoms with E-state index in [0.29, 0.717) is 11.1 Å². The molecule has 2 aliphatic carbocycles. The molecule has 0 bridgehead atoms.